The van der Waals surface area contributed by atoms with E-state index in [4.69, 9.17) is 5.73 Å². The molecule has 0 aliphatic carbocycles. The Morgan fingerprint density at radius 2 is 1.91 bits per heavy atom. The van der Waals surface area contributed by atoms with E-state index in [-0.39, 0.29) is 29.2 Å². The molecule has 0 fully saturated rings. The number of carbonyl (C=O) groups is 1. The monoisotopic (exact) mass is 460 g/mol. The number of nitrogen functional groups attached to an aromatic ring is 1. The molecule has 0 aliphatic rings. The highest BCUT2D eigenvalue weighted by molar-refractivity contribution is 5.97. The second kappa shape index (κ2) is 11.2. The maximum Gasteiger partial charge on any atom is 0.522 e. The van der Waals surface area contributed by atoms with Gasteiger partial charge in [-0.05, 0) is 24.6 Å². The summed E-state index contributed by atoms with van der Waals surface area (Å²) in [5, 5.41) is 11.7. The van der Waals surface area contributed by atoms with Crippen LogP contribution in [0.3, 0.4) is 0 Å². The van der Waals surface area contributed by atoms with Gasteiger partial charge in [-0.3, -0.25) is 9.53 Å². The second-order valence-corrected chi connectivity index (χ2v) is 6.10. The van der Waals surface area contributed by atoms with Crippen molar-refractivity contribution >= 4 is 11.9 Å². The minimum atomic E-state index is -4.85. The molecule has 1 aromatic carbocycles. The number of aromatic nitrogens is 2. The lowest BCUT2D eigenvalue weighted by molar-refractivity contribution is -0.325. The molecule has 0 saturated heterocycles. The van der Waals surface area contributed by atoms with Gasteiger partial charge in [0.2, 0.25) is 5.95 Å². The molecule has 0 spiro atoms. The first-order chi connectivity index (χ1) is 15.1. The molecule has 2 rings (SSSR count). The third-order valence-electron chi connectivity index (χ3n) is 3.76. The van der Waals surface area contributed by atoms with Crippen LogP contribution in [0.15, 0.2) is 30.6 Å². The van der Waals surface area contributed by atoms with E-state index < -0.39 is 38.1 Å². The molecule has 1 heterocycles. The second-order valence-electron chi connectivity index (χ2n) is 6.10. The minimum absolute atomic E-state index is 0.00694. The number of nitrogens with zero attached hydrogens (tertiary/aromatic N) is 2. The lowest BCUT2D eigenvalue weighted by Crippen LogP contribution is -2.39. The summed E-state index contributed by atoms with van der Waals surface area (Å²) in [6.07, 6.45) is -2.58. The minimum Gasteiger partial charge on any atom is -0.435 e. The molecule has 0 aliphatic heterocycles. The first-order valence-corrected chi connectivity index (χ1v) is 8.88. The summed E-state index contributed by atoms with van der Waals surface area (Å²) in [7, 11) is 0. The normalized spacial score (nSPS) is 12.1. The Hall–Kier alpha value is -3.50. The molecule has 0 bridgehead atoms. The van der Waals surface area contributed by atoms with E-state index in [9.17, 15) is 31.9 Å². The summed E-state index contributed by atoms with van der Waals surface area (Å²) >= 11 is 0. The van der Waals surface area contributed by atoms with Crippen LogP contribution < -0.4 is 15.8 Å². The number of hydrogen-bond acceptors (Lipinski definition) is 7. The predicted octanol–water partition coefficient (Wildman–Crippen LogP) is 2.08. The van der Waals surface area contributed by atoms with Crippen LogP contribution in [0.25, 0.3) is 0 Å². The van der Waals surface area contributed by atoms with Crippen LogP contribution in [-0.2, 0) is 4.74 Å². The van der Waals surface area contributed by atoms with E-state index in [0.717, 1.165) is 18.2 Å². The fourth-order valence-electron chi connectivity index (χ4n) is 2.33. The summed E-state index contributed by atoms with van der Waals surface area (Å²) in [5.74, 6) is 4.17. The molecular formula is C19H17F5N4O4. The lowest BCUT2D eigenvalue weighted by Gasteiger charge is -2.17. The molecule has 4 N–H and O–H groups in total. The highest BCUT2D eigenvalue weighted by Gasteiger charge is 2.29. The van der Waals surface area contributed by atoms with E-state index in [0.29, 0.717) is 5.56 Å². The number of anilines is 1. The van der Waals surface area contributed by atoms with E-state index in [1.807, 2.05) is 0 Å². The van der Waals surface area contributed by atoms with Crippen molar-refractivity contribution in [2.75, 3.05) is 18.9 Å². The number of benzene rings is 1. The van der Waals surface area contributed by atoms with Crippen LogP contribution in [0.5, 0.6) is 5.75 Å². The predicted molar refractivity (Wildman–Crippen MR) is 100 cm³/mol. The first-order valence-electron chi connectivity index (χ1n) is 8.88. The Balaban J connectivity index is 2.24. The molecule has 0 radical (unpaired) electrons. The Labute approximate surface area is 178 Å². The van der Waals surface area contributed by atoms with Gasteiger partial charge in [0.25, 0.3) is 5.91 Å². The van der Waals surface area contributed by atoms with Crippen LogP contribution >= 0.6 is 0 Å². The van der Waals surface area contributed by atoms with Crippen molar-refractivity contribution in [1.29, 1.82) is 0 Å². The van der Waals surface area contributed by atoms with E-state index in [1.54, 1.807) is 0 Å². The number of aliphatic hydroxyl groups excluding tert-OH is 1. The van der Waals surface area contributed by atoms with Crippen molar-refractivity contribution < 1.29 is 41.3 Å². The number of nitrogens with one attached hydrogen (secondary N) is 1. The SMILES string of the molecule is Nc1ncc(C#Cc2cc(OC(F)F)ccc2C(=O)N[C@H](CO)CCOC(F)(F)F)cn1. The maximum absolute atomic E-state index is 12.6. The zero-order chi connectivity index (χ0) is 23.7. The van der Waals surface area contributed by atoms with Crippen LogP contribution in [0.2, 0.25) is 0 Å². The van der Waals surface area contributed by atoms with Gasteiger partial charge in [-0.25, -0.2) is 9.97 Å². The topological polar surface area (TPSA) is 120 Å². The Bertz CT molecular complexity index is 974. The number of rotatable bonds is 8. The molecule has 8 nitrogen and oxygen atoms in total. The molecule has 0 unspecified atom stereocenters. The number of carbonyl (C=O) groups excluding carboxylic acids is 1. The Morgan fingerprint density at radius 3 is 2.50 bits per heavy atom. The van der Waals surface area contributed by atoms with Gasteiger partial charge >= 0.3 is 13.0 Å². The fourth-order valence-corrected chi connectivity index (χ4v) is 2.33. The van der Waals surface area contributed by atoms with Crippen LogP contribution in [0.4, 0.5) is 27.9 Å². The van der Waals surface area contributed by atoms with Gasteiger partial charge in [0.1, 0.15) is 5.75 Å². The molecule has 172 valence electrons. The standard InChI is InChI=1S/C19H17F5N4O4/c20-17(21)32-14-3-4-15(12(7-14)2-1-11-8-26-18(25)27-9-11)16(30)28-13(10-29)5-6-31-19(22,23)24/h3-4,7-9,13,17,29H,5-6,10H2,(H,28,30)(H2,25,26,27)/t13-/m0/s1. The molecule has 13 heteroatoms. The summed E-state index contributed by atoms with van der Waals surface area (Å²) in [5.41, 5.74) is 5.57. The average molecular weight is 460 g/mol. The molecule has 0 saturated carbocycles. The molecule has 1 aromatic heterocycles. The first kappa shape index (κ1) is 24.8. The quantitative estimate of drug-likeness (QED) is 0.408. The van der Waals surface area contributed by atoms with Gasteiger partial charge < -0.3 is 20.9 Å². The molecule has 1 amide bonds. The van der Waals surface area contributed by atoms with E-state index >= 15 is 0 Å². The van der Waals surface area contributed by atoms with Gasteiger partial charge in [-0.1, -0.05) is 11.8 Å². The number of halogens is 5. The Morgan fingerprint density at radius 1 is 1.22 bits per heavy atom. The summed E-state index contributed by atoms with van der Waals surface area (Å²) in [4.78, 5) is 20.1. The van der Waals surface area contributed by atoms with Crippen molar-refractivity contribution in [2.24, 2.45) is 0 Å². The van der Waals surface area contributed by atoms with Crippen molar-refractivity contribution in [1.82, 2.24) is 15.3 Å². The maximum atomic E-state index is 12.6. The number of amides is 1. The van der Waals surface area contributed by atoms with Crippen molar-refractivity contribution in [3.8, 4) is 17.6 Å². The number of nitrogens with two attached hydrogens (primary N) is 1. The van der Waals surface area contributed by atoms with Crippen molar-refractivity contribution in [2.45, 2.75) is 25.4 Å². The third-order valence-corrected chi connectivity index (χ3v) is 3.76. The molecule has 32 heavy (non-hydrogen) atoms. The van der Waals surface area contributed by atoms with Crippen LogP contribution in [0.1, 0.15) is 27.9 Å². The molecular weight excluding hydrogens is 443 g/mol. The largest absolute Gasteiger partial charge is 0.522 e. The van der Waals surface area contributed by atoms with Gasteiger partial charge in [-0.2, -0.15) is 8.78 Å². The summed E-state index contributed by atoms with van der Waals surface area (Å²) in [6.45, 7) is -4.57. The summed E-state index contributed by atoms with van der Waals surface area (Å²) < 4.78 is 69.3. The van der Waals surface area contributed by atoms with Crippen molar-refractivity contribution in [3.63, 3.8) is 0 Å². The smallest absolute Gasteiger partial charge is 0.435 e. The number of ether oxygens (including phenoxy) is 2. The lowest BCUT2D eigenvalue weighted by atomic mass is 10.1. The molecule has 1 atom stereocenters. The van der Waals surface area contributed by atoms with Gasteiger partial charge in [-0.15, -0.1) is 13.2 Å². The number of alkyl halides is 5. The van der Waals surface area contributed by atoms with Gasteiger partial charge in [0, 0.05) is 18.0 Å². The van der Waals surface area contributed by atoms with Gasteiger partial charge in [0.15, 0.2) is 0 Å². The van der Waals surface area contributed by atoms with Crippen LogP contribution in [0, 0.1) is 11.8 Å². The van der Waals surface area contributed by atoms with E-state index in [1.165, 1.54) is 12.4 Å². The highest BCUT2D eigenvalue weighted by Crippen LogP contribution is 2.20. The number of aliphatic hydroxyl groups is 1. The summed E-state index contributed by atoms with van der Waals surface area (Å²) in [6, 6.07) is 2.27. The van der Waals surface area contributed by atoms with Crippen molar-refractivity contribution in [3.05, 3.63) is 47.3 Å². The zero-order valence-electron chi connectivity index (χ0n) is 16.2. The third kappa shape index (κ3) is 8.32. The van der Waals surface area contributed by atoms with Crippen LogP contribution in [-0.4, -0.2) is 53.2 Å². The fraction of sp³-hybridized carbons (Fsp3) is 0.316. The molecule has 2 aromatic rings. The Kier molecular flexibility index (Phi) is 8.68. The number of hydrogen-bond donors (Lipinski definition) is 3. The van der Waals surface area contributed by atoms with E-state index in [2.05, 4.69) is 36.6 Å². The zero-order valence-corrected chi connectivity index (χ0v) is 16.2. The highest BCUT2D eigenvalue weighted by atomic mass is 19.4. The average Bonchev–Trinajstić information content (AvgIpc) is 2.71. The van der Waals surface area contributed by atoms with Gasteiger partial charge in [0.05, 0.1) is 30.4 Å².